The van der Waals surface area contributed by atoms with Gasteiger partial charge in [-0.25, -0.2) is 0 Å². The second-order valence-corrected chi connectivity index (χ2v) is 3.96. The van der Waals surface area contributed by atoms with Gasteiger partial charge in [0.25, 0.3) is 0 Å². The van der Waals surface area contributed by atoms with Gasteiger partial charge in [0.15, 0.2) is 0 Å². The number of rotatable bonds is 6. The lowest BCUT2D eigenvalue weighted by molar-refractivity contribution is 0.327. The lowest BCUT2D eigenvalue weighted by Crippen LogP contribution is -2.06. The van der Waals surface area contributed by atoms with Gasteiger partial charge in [0.2, 0.25) is 5.88 Å². The van der Waals surface area contributed by atoms with Crippen molar-refractivity contribution < 1.29 is 4.74 Å². The van der Waals surface area contributed by atoms with Crippen molar-refractivity contribution in [3.8, 4) is 5.88 Å². The van der Waals surface area contributed by atoms with Gasteiger partial charge in [-0.05, 0) is 25.0 Å². The number of ether oxygens (including phenoxy) is 1. The normalized spacial score (nSPS) is 10.1. The van der Waals surface area contributed by atoms with Crippen molar-refractivity contribution in [2.24, 2.45) is 0 Å². The monoisotopic (exact) mass is 242 g/mol. The lowest BCUT2D eigenvalue weighted by Gasteiger charge is -2.07. The number of pyridine rings is 1. The summed E-state index contributed by atoms with van der Waals surface area (Å²) in [6.45, 7) is 3.46. The fraction of sp³-hybridized carbons (Fsp3) is 0.267. The topological polar surface area (TPSA) is 34.1 Å². The van der Waals surface area contributed by atoms with Crippen molar-refractivity contribution in [1.82, 2.24) is 4.98 Å². The summed E-state index contributed by atoms with van der Waals surface area (Å²) in [4.78, 5) is 4.36. The fourth-order valence-electron chi connectivity index (χ4n) is 1.72. The molecule has 18 heavy (non-hydrogen) atoms. The van der Waals surface area contributed by atoms with Crippen LogP contribution in [0.3, 0.4) is 0 Å². The van der Waals surface area contributed by atoms with Crippen LogP contribution in [-0.2, 0) is 6.42 Å². The van der Waals surface area contributed by atoms with Crippen molar-refractivity contribution in [2.75, 3.05) is 18.5 Å². The quantitative estimate of drug-likeness (QED) is 0.845. The smallest absolute Gasteiger partial charge is 0.215 e. The maximum atomic E-state index is 5.36. The van der Waals surface area contributed by atoms with Gasteiger partial charge in [0, 0.05) is 12.6 Å². The Labute approximate surface area is 108 Å². The standard InChI is InChI=1S/C15H18N2O/c1-2-18-15-10-6-9-14(17-15)16-12-11-13-7-4-3-5-8-13/h3-10H,2,11-12H2,1H3,(H,16,17). The molecule has 0 bridgehead atoms. The summed E-state index contributed by atoms with van der Waals surface area (Å²) in [6.07, 6.45) is 0.987. The van der Waals surface area contributed by atoms with Crippen molar-refractivity contribution in [2.45, 2.75) is 13.3 Å². The van der Waals surface area contributed by atoms with E-state index in [1.807, 2.05) is 31.2 Å². The largest absolute Gasteiger partial charge is 0.478 e. The zero-order valence-electron chi connectivity index (χ0n) is 10.6. The SMILES string of the molecule is CCOc1cccc(NCCc2ccccc2)n1. The third-order valence-electron chi connectivity index (χ3n) is 2.58. The molecule has 0 saturated carbocycles. The van der Waals surface area contributed by atoms with Gasteiger partial charge in [-0.2, -0.15) is 4.98 Å². The molecule has 0 aliphatic rings. The van der Waals surface area contributed by atoms with Crippen LogP contribution in [0.2, 0.25) is 0 Å². The summed E-state index contributed by atoms with van der Waals surface area (Å²) in [5, 5.41) is 3.30. The molecule has 3 nitrogen and oxygen atoms in total. The van der Waals surface area contributed by atoms with Gasteiger partial charge in [0.1, 0.15) is 5.82 Å². The highest BCUT2D eigenvalue weighted by Crippen LogP contribution is 2.11. The molecular weight excluding hydrogens is 224 g/mol. The molecule has 0 fully saturated rings. The predicted molar refractivity (Wildman–Crippen MR) is 74.0 cm³/mol. The first kappa shape index (κ1) is 12.4. The summed E-state index contributed by atoms with van der Waals surface area (Å²) in [5.74, 6) is 1.53. The van der Waals surface area contributed by atoms with E-state index in [2.05, 4.69) is 34.6 Å². The molecule has 0 amide bonds. The Morgan fingerprint density at radius 3 is 2.67 bits per heavy atom. The highest BCUT2D eigenvalue weighted by atomic mass is 16.5. The third-order valence-corrected chi connectivity index (χ3v) is 2.58. The van der Waals surface area contributed by atoms with Crippen LogP contribution >= 0.6 is 0 Å². The van der Waals surface area contributed by atoms with E-state index in [0.29, 0.717) is 12.5 Å². The zero-order chi connectivity index (χ0) is 12.6. The Morgan fingerprint density at radius 2 is 1.89 bits per heavy atom. The Hall–Kier alpha value is -2.03. The molecule has 2 aromatic rings. The van der Waals surface area contributed by atoms with Gasteiger partial charge in [-0.15, -0.1) is 0 Å². The number of aromatic nitrogens is 1. The maximum Gasteiger partial charge on any atom is 0.215 e. The number of anilines is 1. The van der Waals surface area contributed by atoms with Gasteiger partial charge in [-0.3, -0.25) is 0 Å². The molecule has 94 valence electrons. The molecule has 0 saturated heterocycles. The van der Waals surface area contributed by atoms with Crippen LogP contribution in [0.5, 0.6) is 5.88 Å². The van der Waals surface area contributed by atoms with Gasteiger partial charge in [0.05, 0.1) is 6.61 Å². The lowest BCUT2D eigenvalue weighted by atomic mass is 10.1. The van der Waals surface area contributed by atoms with Crippen LogP contribution < -0.4 is 10.1 Å². The first-order chi connectivity index (χ1) is 8.88. The first-order valence-electron chi connectivity index (χ1n) is 6.26. The predicted octanol–water partition coefficient (Wildman–Crippen LogP) is 3.13. The minimum atomic E-state index is 0.639. The average molecular weight is 242 g/mol. The summed E-state index contributed by atoms with van der Waals surface area (Å²) in [6, 6.07) is 16.2. The highest BCUT2D eigenvalue weighted by Gasteiger charge is 1.97. The third kappa shape index (κ3) is 3.77. The Bertz CT molecular complexity index is 471. The van der Waals surface area contributed by atoms with Crippen molar-refractivity contribution in [3.05, 3.63) is 54.1 Å². The number of nitrogens with one attached hydrogen (secondary N) is 1. The van der Waals surface area contributed by atoms with E-state index in [4.69, 9.17) is 4.74 Å². The first-order valence-corrected chi connectivity index (χ1v) is 6.26. The minimum Gasteiger partial charge on any atom is -0.478 e. The van der Waals surface area contributed by atoms with Crippen LogP contribution in [0.4, 0.5) is 5.82 Å². The van der Waals surface area contributed by atoms with Crippen LogP contribution in [-0.4, -0.2) is 18.1 Å². The molecule has 1 aromatic heterocycles. The van der Waals surface area contributed by atoms with E-state index in [9.17, 15) is 0 Å². The van der Waals surface area contributed by atoms with Crippen LogP contribution in [0, 0.1) is 0 Å². The summed E-state index contributed by atoms with van der Waals surface area (Å²) in [7, 11) is 0. The molecule has 0 unspecified atom stereocenters. The fourth-order valence-corrected chi connectivity index (χ4v) is 1.72. The molecule has 1 N–H and O–H groups in total. The van der Waals surface area contributed by atoms with Crippen molar-refractivity contribution in [1.29, 1.82) is 0 Å². The molecule has 0 radical (unpaired) electrons. The highest BCUT2D eigenvalue weighted by molar-refractivity contribution is 5.37. The summed E-state index contributed by atoms with van der Waals surface area (Å²) >= 11 is 0. The van der Waals surface area contributed by atoms with Gasteiger partial charge < -0.3 is 10.1 Å². The molecular formula is C15H18N2O. The molecule has 1 heterocycles. The van der Waals surface area contributed by atoms with E-state index in [-0.39, 0.29) is 0 Å². The second kappa shape index (κ2) is 6.64. The molecule has 3 heteroatoms. The van der Waals surface area contributed by atoms with E-state index < -0.39 is 0 Å². The number of nitrogens with zero attached hydrogens (tertiary/aromatic N) is 1. The Morgan fingerprint density at radius 1 is 1.06 bits per heavy atom. The average Bonchev–Trinajstić information content (AvgIpc) is 2.41. The zero-order valence-corrected chi connectivity index (χ0v) is 10.6. The summed E-state index contributed by atoms with van der Waals surface area (Å²) < 4.78 is 5.36. The van der Waals surface area contributed by atoms with E-state index in [1.54, 1.807) is 0 Å². The van der Waals surface area contributed by atoms with Crippen LogP contribution in [0.1, 0.15) is 12.5 Å². The minimum absolute atomic E-state index is 0.639. The molecule has 0 atom stereocenters. The molecule has 0 aliphatic heterocycles. The Kier molecular flexibility index (Phi) is 4.59. The van der Waals surface area contributed by atoms with Crippen molar-refractivity contribution in [3.63, 3.8) is 0 Å². The van der Waals surface area contributed by atoms with E-state index in [1.165, 1.54) is 5.56 Å². The molecule has 2 rings (SSSR count). The molecule has 0 spiro atoms. The van der Waals surface area contributed by atoms with Gasteiger partial charge in [-0.1, -0.05) is 36.4 Å². The number of hydrogen-bond donors (Lipinski definition) is 1. The number of benzene rings is 1. The van der Waals surface area contributed by atoms with Gasteiger partial charge >= 0.3 is 0 Å². The van der Waals surface area contributed by atoms with E-state index >= 15 is 0 Å². The Balaban J connectivity index is 1.84. The second-order valence-electron chi connectivity index (χ2n) is 3.96. The van der Waals surface area contributed by atoms with Crippen LogP contribution in [0.15, 0.2) is 48.5 Å². The maximum absolute atomic E-state index is 5.36. The van der Waals surface area contributed by atoms with E-state index in [0.717, 1.165) is 18.8 Å². The van der Waals surface area contributed by atoms with Crippen molar-refractivity contribution >= 4 is 5.82 Å². The number of hydrogen-bond acceptors (Lipinski definition) is 3. The molecule has 1 aromatic carbocycles. The van der Waals surface area contributed by atoms with Crippen LogP contribution in [0.25, 0.3) is 0 Å². The summed E-state index contributed by atoms with van der Waals surface area (Å²) in [5.41, 5.74) is 1.32. The molecule has 0 aliphatic carbocycles.